The molecule has 0 aliphatic rings. The Morgan fingerprint density at radius 3 is 2.39 bits per heavy atom. The summed E-state index contributed by atoms with van der Waals surface area (Å²) in [7, 11) is 0. The maximum Gasteiger partial charge on any atom is 0.300 e. The highest BCUT2D eigenvalue weighted by Crippen LogP contribution is 2.30. The molecule has 28 heavy (non-hydrogen) atoms. The van der Waals surface area contributed by atoms with Gasteiger partial charge in [0.25, 0.3) is 0 Å². The van der Waals surface area contributed by atoms with E-state index in [-0.39, 0.29) is 22.5 Å². The zero-order valence-electron chi connectivity index (χ0n) is 14.5. The fourth-order valence-electron chi connectivity index (χ4n) is 2.88. The monoisotopic (exact) mass is 374 g/mol. The molecule has 138 valence electrons. The molecule has 0 unspecified atom stereocenters. The van der Waals surface area contributed by atoms with E-state index in [2.05, 4.69) is 20.3 Å². The number of nitrogens with one attached hydrogen (secondary N) is 1. The lowest BCUT2D eigenvalue weighted by atomic mass is 10.0. The van der Waals surface area contributed by atoms with Crippen molar-refractivity contribution in [3.8, 4) is 0 Å². The minimum absolute atomic E-state index is 0.0242. The van der Waals surface area contributed by atoms with Crippen molar-refractivity contribution in [3.63, 3.8) is 0 Å². The Hall–Kier alpha value is -4.07. The third-order valence-electron chi connectivity index (χ3n) is 4.28. The van der Waals surface area contributed by atoms with Gasteiger partial charge in [-0.3, -0.25) is 14.9 Å². The molecule has 0 bridgehead atoms. The van der Waals surface area contributed by atoms with E-state index in [1.54, 1.807) is 30.3 Å². The predicted molar refractivity (Wildman–Crippen MR) is 103 cm³/mol. The summed E-state index contributed by atoms with van der Waals surface area (Å²) < 4.78 is 4.65. The maximum absolute atomic E-state index is 12.4. The van der Waals surface area contributed by atoms with Crippen molar-refractivity contribution >= 4 is 33.9 Å². The number of anilines is 2. The smallest absolute Gasteiger partial charge is 0.300 e. The molecular weight excluding hydrogens is 360 g/mol. The van der Waals surface area contributed by atoms with E-state index in [4.69, 9.17) is 0 Å². The Kier molecular flexibility index (Phi) is 4.51. The van der Waals surface area contributed by atoms with Crippen molar-refractivity contribution in [1.29, 1.82) is 0 Å². The fourth-order valence-corrected chi connectivity index (χ4v) is 2.88. The summed E-state index contributed by atoms with van der Waals surface area (Å²) >= 11 is 0. The van der Waals surface area contributed by atoms with E-state index in [0.29, 0.717) is 23.4 Å². The topological polar surface area (TPSA) is 111 Å². The van der Waals surface area contributed by atoms with Crippen molar-refractivity contribution in [2.45, 2.75) is 6.42 Å². The Labute approximate surface area is 158 Å². The molecule has 8 heteroatoms. The zero-order chi connectivity index (χ0) is 19.5. The Morgan fingerprint density at radius 1 is 0.964 bits per heavy atom. The van der Waals surface area contributed by atoms with Crippen molar-refractivity contribution in [2.75, 3.05) is 5.32 Å². The summed E-state index contributed by atoms with van der Waals surface area (Å²) in [5.41, 5.74) is 2.94. The van der Waals surface area contributed by atoms with E-state index in [1.807, 2.05) is 30.3 Å². The van der Waals surface area contributed by atoms with Crippen LogP contribution in [0.2, 0.25) is 0 Å². The molecule has 1 heterocycles. The number of carbonyl (C=O) groups excluding carboxylic acids is 1. The number of carbonyl (C=O) groups is 1. The number of fused-ring (bicyclic) bond motifs is 1. The number of hydrogen-bond acceptors (Lipinski definition) is 7. The lowest BCUT2D eigenvalue weighted by Crippen LogP contribution is -2.03. The van der Waals surface area contributed by atoms with Crippen LogP contribution in [0.1, 0.15) is 15.9 Å². The molecule has 4 aromatic rings. The van der Waals surface area contributed by atoms with E-state index >= 15 is 0 Å². The average Bonchev–Trinajstić information content (AvgIpc) is 3.19. The van der Waals surface area contributed by atoms with Gasteiger partial charge in [0.15, 0.2) is 11.3 Å². The van der Waals surface area contributed by atoms with E-state index < -0.39 is 4.92 Å². The van der Waals surface area contributed by atoms with Crippen molar-refractivity contribution in [3.05, 3.63) is 88.0 Å². The second-order valence-corrected chi connectivity index (χ2v) is 6.14. The summed E-state index contributed by atoms with van der Waals surface area (Å²) in [5.74, 6) is 0.0242. The summed E-state index contributed by atoms with van der Waals surface area (Å²) in [6.45, 7) is 0. The highest BCUT2D eigenvalue weighted by molar-refractivity contribution is 5.98. The molecule has 4 rings (SSSR count). The number of aromatic nitrogens is 2. The Balaban J connectivity index is 1.53. The number of benzene rings is 3. The van der Waals surface area contributed by atoms with Gasteiger partial charge in [0, 0.05) is 23.7 Å². The first kappa shape index (κ1) is 17.3. The van der Waals surface area contributed by atoms with Gasteiger partial charge < -0.3 is 5.32 Å². The third kappa shape index (κ3) is 3.43. The van der Waals surface area contributed by atoms with Crippen LogP contribution in [-0.2, 0) is 6.42 Å². The van der Waals surface area contributed by atoms with Gasteiger partial charge >= 0.3 is 5.69 Å². The number of Topliss-reactive ketones (excluding diaryl/α,β-unsaturated/α-hetero) is 1. The fraction of sp³-hybridized carbons (Fsp3) is 0.0500. The van der Waals surface area contributed by atoms with Crippen LogP contribution in [0.3, 0.4) is 0 Å². The van der Waals surface area contributed by atoms with Gasteiger partial charge in [-0.05, 0) is 46.2 Å². The molecule has 8 nitrogen and oxygen atoms in total. The standard InChI is InChI=1S/C20H14N4O4/c25-18(12-13-4-2-1-3-5-13)14-6-8-15(9-7-14)21-16-10-11-17(24(26)27)20-19(16)22-28-23-20/h1-11,21H,12H2. The highest BCUT2D eigenvalue weighted by Gasteiger charge is 2.19. The van der Waals surface area contributed by atoms with Crippen LogP contribution in [0.5, 0.6) is 0 Å². The molecule has 0 saturated carbocycles. The molecular formula is C20H14N4O4. The van der Waals surface area contributed by atoms with E-state index in [1.165, 1.54) is 6.07 Å². The molecule has 3 aromatic carbocycles. The molecule has 0 spiro atoms. The minimum atomic E-state index is -0.538. The Morgan fingerprint density at radius 2 is 1.68 bits per heavy atom. The quantitative estimate of drug-likeness (QED) is 0.304. The van der Waals surface area contributed by atoms with Crippen LogP contribution in [-0.4, -0.2) is 21.0 Å². The van der Waals surface area contributed by atoms with Gasteiger partial charge in [0.1, 0.15) is 0 Å². The van der Waals surface area contributed by atoms with Crippen LogP contribution in [0.25, 0.3) is 11.0 Å². The van der Waals surface area contributed by atoms with Gasteiger partial charge in [-0.25, -0.2) is 4.63 Å². The van der Waals surface area contributed by atoms with Gasteiger partial charge in [-0.1, -0.05) is 30.3 Å². The number of nitro groups is 1. The first-order chi connectivity index (χ1) is 13.6. The molecule has 0 fully saturated rings. The first-order valence-corrected chi connectivity index (χ1v) is 8.46. The molecule has 1 aromatic heterocycles. The summed E-state index contributed by atoms with van der Waals surface area (Å²) in [5, 5.41) is 21.5. The van der Waals surface area contributed by atoms with Gasteiger partial charge in [-0.2, -0.15) is 0 Å². The van der Waals surface area contributed by atoms with Crippen molar-refractivity contribution in [2.24, 2.45) is 0 Å². The molecule has 0 saturated heterocycles. The van der Waals surface area contributed by atoms with Gasteiger partial charge in [-0.15, -0.1) is 0 Å². The summed E-state index contributed by atoms with van der Waals surface area (Å²) in [6.07, 6.45) is 0.335. The molecule has 0 radical (unpaired) electrons. The number of nitro benzene ring substituents is 1. The maximum atomic E-state index is 12.4. The van der Waals surface area contributed by atoms with Crippen LogP contribution >= 0.6 is 0 Å². The number of non-ortho nitro benzene ring substituents is 1. The Bertz CT molecular complexity index is 1150. The van der Waals surface area contributed by atoms with Gasteiger partial charge in [0.2, 0.25) is 5.52 Å². The number of hydrogen-bond donors (Lipinski definition) is 1. The van der Waals surface area contributed by atoms with Crippen molar-refractivity contribution < 1.29 is 14.3 Å². The summed E-state index contributed by atoms with van der Waals surface area (Å²) in [6, 6.07) is 19.4. The highest BCUT2D eigenvalue weighted by atomic mass is 16.6. The van der Waals surface area contributed by atoms with Crippen LogP contribution in [0, 0.1) is 10.1 Å². The third-order valence-corrected chi connectivity index (χ3v) is 4.28. The predicted octanol–water partition coefficient (Wildman–Crippen LogP) is 4.30. The van der Waals surface area contributed by atoms with Crippen LogP contribution < -0.4 is 5.32 Å². The normalized spacial score (nSPS) is 10.7. The number of rotatable bonds is 6. The molecule has 0 aliphatic heterocycles. The van der Waals surface area contributed by atoms with Crippen LogP contribution in [0.15, 0.2) is 71.4 Å². The second-order valence-electron chi connectivity index (χ2n) is 6.14. The minimum Gasteiger partial charge on any atom is -0.354 e. The van der Waals surface area contributed by atoms with E-state index in [0.717, 1.165) is 5.56 Å². The largest absolute Gasteiger partial charge is 0.354 e. The van der Waals surface area contributed by atoms with Crippen LogP contribution in [0.4, 0.5) is 17.1 Å². The lowest BCUT2D eigenvalue weighted by molar-refractivity contribution is -0.383. The first-order valence-electron chi connectivity index (χ1n) is 8.46. The second kappa shape index (κ2) is 7.28. The summed E-state index contributed by atoms with van der Waals surface area (Å²) in [4.78, 5) is 22.9. The van der Waals surface area contributed by atoms with Crippen molar-refractivity contribution in [1.82, 2.24) is 10.3 Å². The van der Waals surface area contributed by atoms with Gasteiger partial charge in [0.05, 0.1) is 10.6 Å². The molecule has 0 atom stereocenters. The average molecular weight is 374 g/mol. The lowest BCUT2D eigenvalue weighted by Gasteiger charge is -2.08. The molecule has 0 aliphatic carbocycles. The molecule has 1 N–H and O–H groups in total. The SMILES string of the molecule is O=C(Cc1ccccc1)c1ccc(Nc2ccc([N+](=O)[O-])c3nonc23)cc1. The zero-order valence-corrected chi connectivity index (χ0v) is 14.5. The molecule has 0 amide bonds. The number of ketones is 1. The van der Waals surface area contributed by atoms with E-state index in [9.17, 15) is 14.9 Å². The number of nitrogens with zero attached hydrogens (tertiary/aromatic N) is 3.